The molecule has 0 bridgehead atoms. The highest BCUT2D eigenvalue weighted by Crippen LogP contribution is 2.29. The first kappa shape index (κ1) is 14.1. The largest absolute Gasteiger partial charge is 0.383 e. The van der Waals surface area contributed by atoms with Crippen LogP contribution >= 0.6 is 11.3 Å². The lowest BCUT2D eigenvalue weighted by molar-refractivity contribution is -0.118. The van der Waals surface area contributed by atoms with Crippen LogP contribution in [0.3, 0.4) is 0 Å². The fourth-order valence-corrected chi connectivity index (χ4v) is 2.01. The topological polar surface area (TPSA) is 77.2 Å². The van der Waals surface area contributed by atoms with E-state index in [2.05, 4.69) is 31.1 Å². The number of carbonyl (C=O) groups is 1. The lowest BCUT2D eigenvalue weighted by Crippen LogP contribution is -2.39. The van der Waals surface area contributed by atoms with Gasteiger partial charge in [0, 0.05) is 18.2 Å². The first-order valence-corrected chi connectivity index (χ1v) is 6.18. The second kappa shape index (κ2) is 5.57. The van der Waals surface area contributed by atoms with Crippen molar-refractivity contribution >= 4 is 22.4 Å². The van der Waals surface area contributed by atoms with Gasteiger partial charge in [-0.3, -0.25) is 4.79 Å². The molecule has 3 N–H and O–H groups in total. The van der Waals surface area contributed by atoms with Crippen LogP contribution in [0.25, 0.3) is 0 Å². The molecule has 0 aliphatic rings. The Morgan fingerprint density at radius 1 is 1.65 bits per heavy atom. The molecule has 17 heavy (non-hydrogen) atoms. The molecular formula is C11H19N3O2S. The molecule has 0 fully saturated rings. The van der Waals surface area contributed by atoms with Crippen molar-refractivity contribution in [2.75, 3.05) is 19.0 Å². The van der Waals surface area contributed by atoms with Crippen LogP contribution < -0.4 is 11.1 Å². The highest BCUT2D eigenvalue weighted by Gasteiger charge is 2.19. The van der Waals surface area contributed by atoms with Crippen LogP contribution in [0.5, 0.6) is 0 Å². The third-order valence-electron chi connectivity index (χ3n) is 2.16. The van der Waals surface area contributed by atoms with E-state index in [1.54, 1.807) is 6.20 Å². The van der Waals surface area contributed by atoms with Crippen LogP contribution in [-0.4, -0.2) is 30.6 Å². The quantitative estimate of drug-likeness (QED) is 0.853. The number of hydrogen-bond acceptors (Lipinski definition) is 5. The average Bonchev–Trinajstić information content (AvgIpc) is 2.66. The van der Waals surface area contributed by atoms with Gasteiger partial charge in [0.15, 0.2) is 5.13 Å². The number of hydrogen-bond donors (Lipinski definition) is 2. The van der Waals surface area contributed by atoms with Gasteiger partial charge in [-0.05, 0) is 5.41 Å². The summed E-state index contributed by atoms with van der Waals surface area (Å²) in [4.78, 5) is 16.9. The van der Waals surface area contributed by atoms with Gasteiger partial charge in [-0.1, -0.05) is 20.8 Å². The third-order valence-corrected chi connectivity index (χ3v) is 3.50. The molecule has 0 aliphatic heterocycles. The molecule has 1 rings (SSSR count). The summed E-state index contributed by atoms with van der Waals surface area (Å²) in [5.41, 5.74) is 5.64. The summed E-state index contributed by atoms with van der Waals surface area (Å²) in [5.74, 6) is -0.276. The Morgan fingerprint density at radius 3 is 2.76 bits per heavy atom. The zero-order valence-electron chi connectivity index (χ0n) is 10.6. The minimum Gasteiger partial charge on any atom is -0.383 e. The molecule has 1 atom stereocenters. The average molecular weight is 257 g/mol. The predicted molar refractivity (Wildman–Crippen MR) is 69.3 cm³/mol. The van der Waals surface area contributed by atoms with E-state index in [4.69, 9.17) is 10.5 Å². The van der Waals surface area contributed by atoms with E-state index in [9.17, 15) is 4.79 Å². The van der Waals surface area contributed by atoms with Crippen molar-refractivity contribution in [2.45, 2.75) is 32.2 Å². The first-order chi connectivity index (χ1) is 7.84. The Labute approximate surface area is 105 Å². The lowest BCUT2D eigenvalue weighted by atomic mass is 9.96. The van der Waals surface area contributed by atoms with E-state index >= 15 is 0 Å². The normalized spacial score (nSPS) is 13.5. The van der Waals surface area contributed by atoms with Gasteiger partial charge in [0.05, 0.1) is 6.61 Å². The number of rotatable bonds is 4. The maximum atomic E-state index is 11.6. The van der Waals surface area contributed by atoms with Crippen molar-refractivity contribution in [3.63, 3.8) is 0 Å². The summed E-state index contributed by atoms with van der Waals surface area (Å²) in [6, 6.07) is -0.665. The molecule has 1 aromatic rings. The number of aromatic nitrogens is 1. The smallest absolute Gasteiger partial charge is 0.245 e. The highest BCUT2D eigenvalue weighted by molar-refractivity contribution is 7.15. The van der Waals surface area contributed by atoms with E-state index < -0.39 is 6.04 Å². The molecule has 0 aliphatic carbocycles. The summed E-state index contributed by atoms with van der Waals surface area (Å²) < 4.78 is 4.82. The molecule has 6 heteroatoms. The lowest BCUT2D eigenvalue weighted by Gasteiger charge is -2.14. The molecule has 5 nitrogen and oxygen atoms in total. The van der Waals surface area contributed by atoms with Crippen LogP contribution in [0.15, 0.2) is 6.20 Å². The Hall–Kier alpha value is -0.980. The number of methoxy groups -OCH3 is 1. The van der Waals surface area contributed by atoms with E-state index in [0.29, 0.717) is 5.13 Å². The molecule has 0 saturated heterocycles. The molecule has 1 aromatic heterocycles. The number of amides is 1. The summed E-state index contributed by atoms with van der Waals surface area (Å²) in [6.07, 6.45) is 1.78. The van der Waals surface area contributed by atoms with Crippen molar-refractivity contribution in [1.82, 2.24) is 4.98 Å². The SMILES string of the molecule is COCC(N)C(=O)Nc1ncc(C(C)(C)C)s1. The summed E-state index contributed by atoms with van der Waals surface area (Å²) in [6.45, 7) is 6.50. The van der Waals surface area contributed by atoms with Crippen LogP contribution in [0.2, 0.25) is 0 Å². The molecule has 0 aromatic carbocycles. The maximum Gasteiger partial charge on any atom is 0.245 e. The zero-order chi connectivity index (χ0) is 13.1. The number of anilines is 1. The fraction of sp³-hybridized carbons (Fsp3) is 0.636. The van der Waals surface area contributed by atoms with Crippen LogP contribution in [0, 0.1) is 0 Å². The molecule has 1 heterocycles. The highest BCUT2D eigenvalue weighted by atomic mass is 32.1. The van der Waals surface area contributed by atoms with Gasteiger partial charge in [0.1, 0.15) is 6.04 Å². The molecule has 1 amide bonds. The second-order valence-electron chi connectivity index (χ2n) is 4.83. The summed E-state index contributed by atoms with van der Waals surface area (Å²) >= 11 is 1.46. The van der Waals surface area contributed by atoms with E-state index in [0.717, 1.165) is 4.88 Å². The zero-order valence-corrected chi connectivity index (χ0v) is 11.4. The van der Waals surface area contributed by atoms with Gasteiger partial charge in [-0.25, -0.2) is 4.98 Å². The van der Waals surface area contributed by atoms with Crippen molar-refractivity contribution in [1.29, 1.82) is 0 Å². The number of carbonyl (C=O) groups excluding carboxylic acids is 1. The van der Waals surface area contributed by atoms with E-state index in [-0.39, 0.29) is 17.9 Å². The van der Waals surface area contributed by atoms with Crippen LogP contribution in [-0.2, 0) is 14.9 Å². The molecule has 0 spiro atoms. The summed E-state index contributed by atoms with van der Waals surface area (Å²) in [7, 11) is 1.51. The van der Waals surface area contributed by atoms with Gasteiger partial charge in [-0.2, -0.15) is 0 Å². The first-order valence-electron chi connectivity index (χ1n) is 5.36. The van der Waals surface area contributed by atoms with Crippen molar-refractivity contribution in [2.24, 2.45) is 5.73 Å². The molecule has 96 valence electrons. The molecular weight excluding hydrogens is 238 g/mol. The number of thiazole rings is 1. The number of nitrogens with two attached hydrogens (primary N) is 1. The Morgan fingerprint density at radius 2 is 2.29 bits per heavy atom. The van der Waals surface area contributed by atoms with Gasteiger partial charge in [-0.15, -0.1) is 11.3 Å². The van der Waals surface area contributed by atoms with Gasteiger partial charge in [0.2, 0.25) is 5.91 Å². The second-order valence-corrected chi connectivity index (χ2v) is 5.86. The Bertz CT molecular complexity index is 384. The van der Waals surface area contributed by atoms with Gasteiger partial charge in [0.25, 0.3) is 0 Å². The summed E-state index contributed by atoms with van der Waals surface area (Å²) in [5, 5.41) is 3.26. The molecule has 1 unspecified atom stereocenters. The van der Waals surface area contributed by atoms with Crippen molar-refractivity contribution in [3.8, 4) is 0 Å². The fourth-order valence-electron chi connectivity index (χ4n) is 1.13. The predicted octanol–water partition coefficient (Wildman–Crippen LogP) is 1.35. The monoisotopic (exact) mass is 257 g/mol. The van der Waals surface area contributed by atoms with Gasteiger partial charge >= 0.3 is 0 Å². The maximum absolute atomic E-state index is 11.6. The van der Waals surface area contributed by atoms with E-state index in [1.165, 1.54) is 18.4 Å². The van der Waals surface area contributed by atoms with Crippen LogP contribution in [0.1, 0.15) is 25.6 Å². The third kappa shape index (κ3) is 4.07. The standard InChI is InChI=1S/C11H19N3O2S/c1-11(2,3)8-5-13-10(17-8)14-9(15)7(12)6-16-4/h5,7H,6,12H2,1-4H3,(H,13,14,15). The van der Waals surface area contributed by atoms with Crippen molar-refractivity contribution in [3.05, 3.63) is 11.1 Å². The van der Waals surface area contributed by atoms with Crippen LogP contribution in [0.4, 0.5) is 5.13 Å². The van der Waals surface area contributed by atoms with Crippen molar-refractivity contribution < 1.29 is 9.53 Å². The number of nitrogens with zero attached hydrogens (tertiary/aromatic N) is 1. The van der Waals surface area contributed by atoms with Gasteiger partial charge < -0.3 is 15.8 Å². The molecule has 0 radical (unpaired) electrons. The number of ether oxygens (including phenoxy) is 1. The minimum atomic E-state index is -0.665. The molecule has 0 saturated carbocycles. The number of nitrogens with one attached hydrogen (secondary N) is 1. The Balaban J connectivity index is 2.64. The minimum absolute atomic E-state index is 0.0370. The van der Waals surface area contributed by atoms with E-state index in [1.807, 2.05) is 0 Å². The Kier molecular flexibility index (Phi) is 4.62.